The topological polar surface area (TPSA) is 30.2 Å². The molecule has 0 saturated heterocycles. The molecule has 0 amide bonds. The van der Waals surface area contributed by atoms with Crippen molar-refractivity contribution in [2.45, 2.75) is 32.0 Å². The lowest BCUT2D eigenvalue weighted by Gasteiger charge is -2.12. The normalized spacial score (nSPS) is 12.7. The summed E-state index contributed by atoms with van der Waals surface area (Å²) in [4.78, 5) is 4.20. The average Bonchev–Trinajstić information content (AvgIpc) is 3.00. The van der Waals surface area contributed by atoms with Crippen LogP contribution in [0.4, 0.5) is 26.3 Å². The summed E-state index contributed by atoms with van der Waals surface area (Å²) in [6.45, 7) is 5.94. The summed E-state index contributed by atoms with van der Waals surface area (Å²) in [5.41, 5.74) is 1.20. The van der Waals surface area contributed by atoms with E-state index in [2.05, 4.69) is 21.5 Å². The first kappa shape index (κ1) is 20.9. The Hall–Kier alpha value is -2.80. The van der Waals surface area contributed by atoms with Gasteiger partial charge in [0.2, 0.25) is 0 Å². The molecule has 0 saturated carbocycles. The molecule has 3 nitrogen and oxygen atoms in total. The van der Waals surface area contributed by atoms with Crippen molar-refractivity contribution in [3.63, 3.8) is 0 Å². The van der Waals surface area contributed by atoms with E-state index in [1.165, 1.54) is 6.20 Å². The molecule has 2 aromatic heterocycles. The summed E-state index contributed by atoms with van der Waals surface area (Å²) in [5.74, 6) is 2.84. The Bertz CT molecular complexity index is 1110. The molecule has 0 aliphatic heterocycles. The van der Waals surface area contributed by atoms with Gasteiger partial charge in [-0.1, -0.05) is 37.7 Å². The summed E-state index contributed by atoms with van der Waals surface area (Å²) >= 11 is 0. The summed E-state index contributed by atoms with van der Waals surface area (Å²) in [6.07, 6.45) is -8.07. The summed E-state index contributed by atoms with van der Waals surface area (Å²) in [5, 5.41) is 3.77. The Balaban J connectivity index is 2.21. The minimum atomic E-state index is -4.74. The molecule has 0 bridgehead atoms. The van der Waals surface area contributed by atoms with Gasteiger partial charge in [-0.3, -0.25) is 0 Å². The molecule has 2 heterocycles. The summed E-state index contributed by atoms with van der Waals surface area (Å²) < 4.78 is 79.6. The maximum atomic E-state index is 13.6. The fourth-order valence-corrected chi connectivity index (χ4v) is 3.00. The van der Waals surface area contributed by atoms with Crippen molar-refractivity contribution in [3.8, 4) is 22.7 Å². The van der Waals surface area contributed by atoms with Crippen LogP contribution in [0.5, 0.6) is 0 Å². The quantitative estimate of drug-likeness (QED) is 0.285. The third-order valence-corrected chi connectivity index (χ3v) is 4.72. The van der Waals surface area contributed by atoms with E-state index in [9.17, 15) is 26.3 Å². The van der Waals surface area contributed by atoms with Crippen molar-refractivity contribution in [1.29, 1.82) is 0 Å². The van der Waals surface area contributed by atoms with Crippen LogP contribution < -0.4 is 0 Å². The number of halogens is 6. The van der Waals surface area contributed by atoms with Gasteiger partial charge in [0, 0.05) is 5.56 Å². The molecule has 0 unspecified atom stereocenters. The molecule has 0 fully saturated rings. The summed E-state index contributed by atoms with van der Waals surface area (Å²) in [6, 6.07) is 4.54. The number of nitrogens with zero attached hydrogens (tertiary/aromatic N) is 3. The second-order valence-corrected chi connectivity index (χ2v) is 12.1. The molecule has 0 N–H and O–H groups in total. The Morgan fingerprint density at radius 1 is 0.931 bits per heavy atom. The molecule has 3 rings (SSSR count). The second-order valence-electron chi connectivity index (χ2n) is 7.39. The number of hydrogen-bond acceptors (Lipinski definition) is 2. The minimum Gasteiger partial charge on any atom is -0.227 e. The largest absolute Gasteiger partial charge is 0.433 e. The predicted octanol–water partition coefficient (Wildman–Crippen LogP) is 5.66. The average molecular weight is 427 g/mol. The monoisotopic (exact) mass is 427 g/mol. The maximum absolute atomic E-state index is 13.6. The van der Waals surface area contributed by atoms with Gasteiger partial charge < -0.3 is 0 Å². The van der Waals surface area contributed by atoms with Gasteiger partial charge in [-0.25, -0.2) is 9.50 Å². The second kappa shape index (κ2) is 6.91. The Morgan fingerprint density at radius 2 is 1.55 bits per heavy atom. The smallest absolute Gasteiger partial charge is 0.227 e. The van der Waals surface area contributed by atoms with Gasteiger partial charge in [0.1, 0.15) is 8.07 Å². The molecule has 10 heteroatoms. The highest BCUT2D eigenvalue weighted by Crippen LogP contribution is 2.34. The van der Waals surface area contributed by atoms with Crippen LogP contribution >= 0.6 is 0 Å². The highest BCUT2D eigenvalue weighted by Gasteiger charge is 2.36. The van der Waals surface area contributed by atoms with Crippen LogP contribution in [0.1, 0.15) is 16.8 Å². The molecule has 0 aliphatic rings. The van der Waals surface area contributed by atoms with Crippen LogP contribution in [0.2, 0.25) is 19.6 Å². The van der Waals surface area contributed by atoms with Crippen molar-refractivity contribution in [2.24, 2.45) is 0 Å². The van der Waals surface area contributed by atoms with Gasteiger partial charge in [-0.2, -0.15) is 31.4 Å². The van der Waals surface area contributed by atoms with E-state index in [0.29, 0.717) is 4.52 Å². The molecule has 29 heavy (non-hydrogen) atoms. The molecular formula is C19H15F6N3Si. The van der Waals surface area contributed by atoms with Crippen molar-refractivity contribution in [3.05, 3.63) is 53.3 Å². The highest BCUT2D eigenvalue weighted by molar-refractivity contribution is 6.83. The van der Waals surface area contributed by atoms with Crippen LogP contribution in [-0.4, -0.2) is 22.7 Å². The zero-order chi connectivity index (χ0) is 21.6. The van der Waals surface area contributed by atoms with Crippen molar-refractivity contribution in [2.75, 3.05) is 0 Å². The van der Waals surface area contributed by atoms with E-state index in [1.807, 2.05) is 19.6 Å². The lowest BCUT2D eigenvalue weighted by Crippen LogP contribution is -2.16. The molecule has 0 spiro atoms. The SMILES string of the molecule is C[Si](C)(C)C#Cc1cnn2c(C(F)(F)F)cc(-c3ccc(C(F)(F)F)cc3)nc12. The first-order chi connectivity index (χ1) is 13.3. The third kappa shape index (κ3) is 4.62. The van der Waals surface area contributed by atoms with Crippen LogP contribution in [0.25, 0.3) is 16.9 Å². The summed E-state index contributed by atoms with van der Waals surface area (Å²) in [7, 11) is -1.81. The molecule has 0 atom stereocenters. The third-order valence-electron chi connectivity index (χ3n) is 3.84. The minimum absolute atomic E-state index is 0.0968. The fourth-order valence-electron chi connectivity index (χ4n) is 2.49. The van der Waals surface area contributed by atoms with E-state index in [4.69, 9.17) is 0 Å². The number of fused-ring (bicyclic) bond motifs is 1. The molecule has 1 aromatic carbocycles. The number of rotatable bonds is 1. The number of benzene rings is 1. The maximum Gasteiger partial charge on any atom is 0.433 e. The van der Waals surface area contributed by atoms with Gasteiger partial charge in [0.05, 0.1) is 23.0 Å². The van der Waals surface area contributed by atoms with E-state index in [0.717, 1.165) is 30.3 Å². The zero-order valence-electron chi connectivity index (χ0n) is 15.6. The van der Waals surface area contributed by atoms with Gasteiger partial charge in [-0.05, 0) is 18.2 Å². The first-order valence-electron chi connectivity index (χ1n) is 8.42. The molecule has 152 valence electrons. The van der Waals surface area contributed by atoms with Gasteiger partial charge in [-0.15, -0.1) is 5.54 Å². The highest BCUT2D eigenvalue weighted by atomic mass is 28.3. The first-order valence-corrected chi connectivity index (χ1v) is 11.9. The van der Waals surface area contributed by atoms with Crippen molar-refractivity contribution in [1.82, 2.24) is 14.6 Å². The van der Waals surface area contributed by atoms with Crippen molar-refractivity contribution < 1.29 is 26.3 Å². The molecule has 3 aromatic rings. The lowest BCUT2D eigenvalue weighted by molar-refractivity contribution is -0.142. The van der Waals surface area contributed by atoms with Crippen LogP contribution in [0.3, 0.4) is 0 Å². The van der Waals surface area contributed by atoms with Crippen LogP contribution in [0.15, 0.2) is 36.5 Å². The van der Waals surface area contributed by atoms with Crippen LogP contribution in [0, 0.1) is 11.5 Å². The lowest BCUT2D eigenvalue weighted by atomic mass is 10.1. The van der Waals surface area contributed by atoms with Crippen molar-refractivity contribution >= 4 is 13.7 Å². The van der Waals surface area contributed by atoms with E-state index < -0.39 is 31.7 Å². The number of hydrogen-bond donors (Lipinski definition) is 0. The van der Waals surface area contributed by atoms with E-state index >= 15 is 0 Å². The number of aromatic nitrogens is 3. The van der Waals surface area contributed by atoms with Crippen LogP contribution in [-0.2, 0) is 12.4 Å². The Labute approximate surface area is 163 Å². The number of alkyl halides is 6. The predicted molar refractivity (Wildman–Crippen MR) is 98.7 cm³/mol. The van der Waals surface area contributed by atoms with Gasteiger partial charge in [0.25, 0.3) is 0 Å². The molecular weight excluding hydrogens is 412 g/mol. The molecule has 0 radical (unpaired) electrons. The Kier molecular flexibility index (Phi) is 4.99. The van der Waals surface area contributed by atoms with Gasteiger partial charge in [0.15, 0.2) is 11.3 Å². The zero-order valence-corrected chi connectivity index (χ0v) is 16.6. The van der Waals surface area contributed by atoms with E-state index in [-0.39, 0.29) is 22.5 Å². The van der Waals surface area contributed by atoms with Gasteiger partial charge >= 0.3 is 12.4 Å². The molecule has 0 aliphatic carbocycles. The Morgan fingerprint density at radius 3 is 2.07 bits per heavy atom. The standard InChI is InChI=1S/C19H15F6N3Si/c1-29(2,3)9-8-13-11-26-28-16(19(23,24)25)10-15(27-17(13)28)12-4-6-14(7-5-12)18(20,21)22/h4-7,10-11H,1-3H3. The van der Waals surface area contributed by atoms with E-state index in [1.54, 1.807) is 0 Å². The fraction of sp³-hybridized carbons (Fsp3) is 0.263.